The van der Waals surface area contributed by atoms with Crippen LogP contribution < -0.4 is 0 Å². The predicted molar refractivity (Wildman–Crippen MR) is 160 cm³/mol. The molecular formula is C32H60O11. The second-order valence-corrected chi connectivity index (χ2v) is 12.2. The molecule has 10 atom stereocenters. The van der Waals surface area contributed by atoms with Crippen molar-refractivity contribution in [1.29, 1.82) is 0 Å². The van der Waals surface area contributed by atoms with Crippen LogP contribution in [0.25, 0.3) is 0 Å². The highest BCUT2D eigenvalue weighted by Crippen LogP contribution is 2.31. The van der Waals surface area contributed by atoms with E-state index < -0.39 is 74.0 Å². The van der Waals surface area contributed by atoms with E-state index in [1.54, 1.807) is 6.92 Å². The van der Waals surface area contributed by atoms with E-state index in [2.05, 4.69) is 6.92 Å². The maximum atomic E-state index is 12.5. The third-order valence-corrected chi connectivity index (χ3v) is 8.42. The van der Waals surface area contributed by atoms with E-state index in [1.807, 2.05) is 6.92 Å². The van der Waals surface area contributed by atoms with E-state index >= 15 is 0 Å². The minimum atomic E-state index is -1.61. The Morgan fingerprint density at radius 2 is 1.19 bits per heavy atom. The van der Waals surface area contributed by atoms with E-state index in [0.717, 1.165) is 25.7 Å². The van der Waals surface area contributed by atoms with Crippen molar-refractivity contribution in [3.05, 3.63) is 0 Å². The zero-order valence-electron chi connectivity index (χ0n) is 26.7. The lowest BCUT2D eigenvalue weighted by molar-refractivity contribution is -0.364. The zero-order chi connectivity index (χ0) is 31.6. The Hall–Kier alpha value is -0.890. The van der Waals surface area contributed by atoms with Gasteiger partial charge in [0.25, 0.3) is 0 Å². The van der Waals surface area contributed by atoms with Crippen LogP contribution in [0.15, 0.2) is 0 Å². The molecule has 2 aliphatic heterocycles. The molecule has 0 bridgehead atoms. The molecule has 0 radical (unpaired) electrons. The van der Waals surface area contributed by atoms with Gasteiger partial charge in [-0.2, -0.15) is 0 Å². The van der Waals surface area contributed by atoms with Gasteiger partial charge in [0.15, 0.2) is 18.7 Å². The maximum Gasteiger partial charge on any atom is 0.306 e. The molecule has 0 saturated carbocycles. The van der Waals surface area contributed by atoms with Crippen LogP contribution in [-0.2, 0) is 28.5 Å². The number of ether oxygens (including phenoxy) is 5. The van der Waals surface area contributed by atoms with Gasteiger partial charge in [0, 0.05) is 13.0 Å². The first kappa shape index (κ1) is 38.3. The molecular weight excluding hydrogens is 560 g/mol. The van der Waals surface area contributed by atoms with Crippen LogP contribution >= 0.6 is 0 Å². The van der Waals surface area contributed by atoms with Gasteiger partial charge in [0.05, 0.1) is 12.7 Å². The number of unbranched alkanes of at least 4 members (excludes halogenated alkanes) is 13. The highest BCUT2D eigenvalue weighted by Gasteiger charge is 2.51. The minimum Gasteiger partial charge on any atom is -0.457 e. The molecule has 2 fully saturated rings. The maximum absolute atomic E-state index is 12.5. The fourth-order valence-electron chi connectivity index (χ4n) is 5.61. The second-order valence-electron chi connectivity index (χ2n) is 12.2. The molecule has 2 aliphatic rings. The first-order valence-corrected chi connectivity index (χ1v) is 16.9. The van der Waals surface area contributed by atoms with E-state index in [9.17, 15) is 30.3 Å². The van der Waals surface area contributed by atoms with E-state index in [-0.39, 0.29) is 13.0 Å². The van der Waals surface area contributed by atoms with Gasteiger partial charge < -0.3 is 49.2 Å². The summed E-state index contributed by atoms with van der Waals surface area (Å²) in [5.41, 5.74) is 0. The fourth-order valence-corrected chi connectivity index (χ4v) is 5.61. The smallest absolute Gasteiger partial charge is 0.306 e. The number of aliphatic hydroxyl groups is 5. The molecule has 2 saturated heterocycles. The van der Waals surface area contributed by atoms with Gasteiger partial charge in [-0.1, -0.05) is 97.3 Å². The van der Waals surface area contributed by atoms with Crippen molar-refractivity contribution >= 4 is 5.97 Å². The average molecular weight is 621 g/mol. The number of carbonyl (C=O) groups excluding carboxylic acids is 1. The average Bonchev–Trinajstić information content (AvgIpc) is 2.99. The highest BCUT2D eigenvalue weighted by atomic mass is 16.8. The van der Waals surface area contributed by atoms with E-state index in [1.165, 1.54) is 57.8 Å². The fraction of sp³-hybridized carbons (Fsp3) is 0.969. The first-order chi connectivity index (χ1) is 20.7. The number of aliphatic hydroxyl groups excluding tert-OH is 5. The monoisotopic (exact) mass is 620 g/mol. The first-order valence-electron chi connectivity index (χ1n) is 16.9. The molecule has 0 spiro atoms. The Balaban J connectivity index is 1.72. The van der Waals surface area contributed by atoms with E-state index in [4.69, 9.17) is 23.7 Å². The highest BCUT2D eigenvalue weighted by molar-refractivity contribution is 5.69. The van der Waals surface area contributed by atoms with Gasteiger partial charge in [-0.3, -0.25) is 4.79 Å². The number of rotatable bonds is 22. The molecule has 0 aromatic heterocycles. The van der Waals surface area contributed by atoms with Gasteiger partial charge in [0.1, 0.15) is 36.6 Å². The van der Waals surface area contributed by atoms with Crippen LogP contribution in [0.1, 0.15) is 124 Å². The minimum absolute atomic E-state index is 0.218. The molecule has 2 rings (SSSR count). The van der Waals surface area contributed by atoms with Gasteiger partial charge in [0.2, 0.25) is 0 Å². The molecule has 10 unspecified atom stereocenters. The molecule has 11 nitrogen and oxygen atoms in total. The SMILES string of the molecule is CCCCCCCCCCCCCCCC(=O)OC1C(C)OC(OC2C(OCCCC)OC(CO)C(O)C2O)C(O)C1O. The van der Waals surface area contributed by atoms with Crippen molar-refractivity contribution in [3.63, 3.8) is 0 Å². The van der Waals surface area contributed by atoms with Gasteiger partial charge in [-0.15, -0.1) is 0 Å². The summed E-state index contributed by atoms with van der Waals surface area (Å²) < 4.78 is 28.3. The second kappa shape index (κ2) is 21.8. The Labute approximate surface area is 258 Å². The quantitative estimate of drug-likeness (QED) is 0.0889. The normalized spacial score (nSPS) is 33.0. The number of carbonyl (C=O) groups is 1. The van der Waals surface area contributed by atoms with Crippen molar-refractivity contribution < 1.29 is 54.0 Å². The van der Waals surface area contributed by atoms with E-state index in [0.29, 0.717) is 12.8 Å². The predicted octanol–water partition coefficient (Wildman–Crippen LogP) is 3.49. The third-order valence-electron chi connectivity index (χ3n) is 8.42. The molecule has 2 heterocycles. The van der Waals surface area contributed by atoms with Crippen molar-refractivity contribution in [2.75, 3.05) is 13.2 Å². The Morgan fingerprint density at radius 1 is 0.651 bits per heavy atom. The van der Waals surface area contributed by atoms with Crippen molar-refractivity contribution in [1.82, 2.24) is 0 Å². The topological polar surface area (TPSA) is 164 Å². The third kappa shape index (κ3) is 13.2. The summed E-state index contributed by atoms with van der Waals surface area (Å²) in [6.45, 7) is 5.55. The van der Waals surface area contributed by atoms with Crippen LogP contribution in [0.5, 0.6) is 0 Å². The summed E-state index contributed by atoms with van der Waals surface area (Å²) in [7, 11) is 0. The zero-order valence-corrected chi connectivity index (χ0v) is 26.7. The Morgan fingerprint density at radius 3 is 1.74 bits per heavy atom. The molecule has 43 heavy (non-hydrogen) atoms. The summed E-state index contributed by atoms with van der Waals surface area (Å²) >= 11 is 0. The number of esters is 1. The summed E-state index contributed by atoms with van der Waals surface area (Å²) in [5.74, 6) is -0.465. The standard InChI is InChI=1S/C32H60O11/c1-4-6-8-9-10-11-12-13-14-15-16-17-18-19-24(34)42-29-22(3)40-31(28(38)27(29)37)43-30-26(36)25(35)23(21-33)41-32(30)39-20-7-5-2/h22-23,25-33,35-38H,4-21H2,1-3H3. The molecule has 0 amide bonds. The summed E-state index contributed by atoms with van der Waals surface area (Å²) in [4.78, 5) is 12.5. The van der Waals surface area contributed by atoms with Crippen LogP contribution in [0.4, 0.5) is 0 Å². The molecule has 11 heteroatoms. The lowest BCUT2D eigenvalue weighted by Crippen LogP contribution is -2.64. The number of hydrogen-bond donors (Lipinski definition) is 5. The van der Waals surface area contributed by atoms with Crippen LogP contribution in [0, 0.1) is 0 Å². The molecule has 0 aromatic rings. The molecule has 254 valence electrons. The van der Waals surface area contributed by atoms with Crippen molar-refractivity contribution in [2.45, 2.75) is 185 Å². The summed E-state index contributed by atoms with van der Waals surface area (Å²) in [6.07, 6.45) is 4.48. The summed E-state index contributed by atoms with van der Waals surface area (Å²) in [6, 6.07) is 0. The molecule has 5 N–H and O–H groups in total. The van der Waals surface area contributed by atoms with Gasteiger partial charge in [-0.05, 0) is 19.8 Å². The molecule has 0 aromatic carbocycles. The van der Waals surface area contributed by atoms with Crippen LogP contribution in [-0.4, -0.2) is 106 Å². The van der Waals surface area contributed by atoms with Gasteiger partial charge in [-0.25, -0.2) is 0 Å². The van der Waals surface area contributed by atoms with Gasteiger partial charge >= 0.3 is 5.97 Å². The van der Waals surface area contributed by atoms with Crippen molar-refractivity contribution in [2.24, 2.45) is 0 Å². The van der Waals surface area contributed by atoms with Crippen LogP contribution in [0.2, 0.25) is 0 Å². The van der Waals surface area contributed by atoms with Crippen molar-refractivity contribution in [3.8, 4) is 0 Å². The number of hydrogen-bond acceptors (Lipinski definition) is 11. The largest absolute Gasteiger partial charge is 0.457 e. The lowest BCUT2D eigenvalue weighted by Gasteiger charge is -2.46. The molecule has 0 aliphatic carbocycles. The lowest BCUT2D eigenvalue weighted by atomic mass is 9.97. The van der Waals surface area contributed by atoms with Crippen LogP contribution in [0.3, 0.4) is 0 Å². The Kier molecular flexibility index (Phi) is 19.4. The Bertz CT molecular complexity index is 725. The summed E-state index contributed by atoms with van der Waals surface area (Å²) in [5, 5.41) is 52.1.